The fourth-order valence-corrected chi connectivity index (χ4v) is 1.13. The van der Waals surface area contributed by atoms with Gasteiger partial charge in [0.05, 0.1) is 12.7 Å². The molecule has 1 aromatic rings. The molecule has 1 rings (SSSR count). The molecule has 0 aromatic heterocycles. The van der Waals surface area contributed by atoms with Gasteiger partial charge in [-0.1, -0.05) is 31.2 Å². The SMILES string of the molecule is CC[C@H](C)OCc1ccccc1C=O. The van der Waals surface area contributed by atoms with Gasteiger partial charge in [0.15, 0.2) is 0 Å². The Morgan fingerprint density at radius 2 is 2.14 bits per heavy atom. The molecule has 0 unspecified atom stereocenters. The standard InChI is InChI=1S/C12H16O2/c1-3-10(2)14-9-12-7-5-4-6-11(12)8-13/h4-8,10H,3,9H2,1-2H3/t10-/m0/s1. The van der Waals surface area contributed by atoms with Crippen molar-refractivity contribution >= 4 is 6.29 Å². The third-order valence-corrected chi connectivity index (χ3v) is 2.28. The lowest BCUT2D eigenvalue weighted by molar-refractivity contribution is 0.0504. The summed E-state index contributed by atoms with van der Waals surface area (Å²) in [6.07, 6.45) is 2.10. The van der Waals surface area contributed by atoms with Crippen LogP contribution >= 0.6 is 0 Å². The Kier molecular flexibility index (Phi) is 4.33. The van der Waals surface area contributed by atoms with E-state index in [1.54, 1.807) is 0 Å². The van der Waals surface area contributed by atoms with Gasteiger partial charge in [-0.25, -0.2) is 0 Å². The number of benzene rings is 1. The summed E-state index contributed by atoms with van der Waals surface area (Å²) in [7, 11) is 0. The molecule has 0 saturated carbocycles. The Bertz CT molecular complexity index is 294. The van der Waals surface area contributed by atoms with Crippen LogP contribution in [0.2, 0.25) is 0 Å². The number of ether oxygens (including phenoxy) is 1. The van der Waals surface area contributed by atoms with Crippen LogP contribution in [0.15, 0.2) is 24.3 Å². The zero-order valence-corrected chi connectivity index (χ0v) is 8.69. The molecule has 0 aliphatic heterocycles. The van der Waals surface area contributed by atoms with Crippen LogP contribution in [0.3, 0.4) is 0 Å². The highest BCUT2D eigenvalue weighted by molar-refractivity contribution is 5.76. The van der Waals surface area contributed by atoms with Crippen molar-refractivity contribution in [1.29, 1.82) is 0 Å². The molecule has 0 aliphatic rings. The van der Waals surface area contributed by atoms with E-state index in [9.17, 15) is 4.79 Å². The molecule has 0 saturated heterocycles. The van der Waals surface area contributed by atoms with E-state index in [-0.39, 0.29) is 6.10 Å². The van der Waals surface area contributed by atoms with Crippen molar-refractivity contribution in [2.24, 2.45) is 0 Å². The minimum absolute atomic E-state index is 0.245. The average molecular weight is 192 g/mol. The van der Waals surface area contributed by atoms with E-state index >= 15 is 0 Å². The smallest absolute Gasteiger partial charge is 0.150 e. The van der Waals surface area contributed by atoms with Crippen LogP contribution in [0.5, 0.6) is 0 Å². The lowest BCUT2D eigenvalue weighted by atomic mass is 10.1. The summed E-state index contributed by atoms with van der Waals surface area (Å²) in [6, 6.07) is 7.51. The Morgan fingerprint density at radius 1 is 1.43 bits per heavy atom. The van der Waals surface area contributed by atoms with E-state index in [4.69, 9.17) is 4.74 Å². The molecule has 2 heteroatoms. The second kappa shape index (κ2) is 5.55. The second-order valence-corrected chi connectivity index (χ2v) is 3.35. The Labute approximate surface area is 84.9 Å². The van der Waals surface area contributed by atoms with Gasteiger partial charge >= 0.3 is 0 Å². The first-order valence-corrected chi connectivity index (χ1v) is 4.92. The van der Waals surface area contributed by atoms with E-state index in [0.717, 1.165) is 23.8 Å². The van der Waals surface area contributed by atoms with Crippen molar-refractivity contribution in [2.45, 2.75) is 33.0 Å². The highest BCUT2D eigenvalue weighted by atomic mass is 16.5. The fraction of sp³-hybridized carbons (Fsp3) is 0.417. The third-order valence-electron chi connectivity index (χ3n) is 2.28. The summed E-state index contributed by atoms with van der Waals surface area (Å²) in [5.41, 5.74) is 1.68. The van der Waals surface area contributed by atoms with Gasteiger partial charge < -0.3 is 4.74 Å². The van der Waals surface area contributed by atoms with Crippen LogP contribution in [0.25, 0.3) is 0 Å². The lowest BCUT2D eigenvalue weighted by Gasteiger charge is -2.11. The van der Waals surface area contributed by atoms with E-state index in [0.29, 0.717) is 6.61 Å². The van der Waals surface area contributed by atoms with Gasteiger partial charge in [-0.15, -0.1) is 0 Å². The van der Waals surface area contributed by atoms with Crippen LogP contribution in [-0.2, 0) is 11.3 Å². The predicted octanol–water partition coefficient (Wildman–Crippen LogP) is 2.81. The maximum atomic E-state index is 10.7. The average Bonchev–Trinajstić information content (AvgIpc) is 2.26. The van der Waals surface area contributed by atoms with E-state index in [1.807, 2.05) is 31.2 Å². The third kappa shape index (κ3) is 2.96. The number of hydrogen-bond donors (Lipinski definition) is 0. The van der Waals surface area contributed by atoms with Crippen molar-refractivity contribution in [3.8, 4) is 0 Å². The predicted molar refractivity (Wildman–Crippen MR) is 56.4 cm³/mol. The second-order valence-electron chi connectivity index (χ2n) is 3.35. The van der Waals surface area contributed by atoms with Crippen LogP contribution < -0.4 is 0 Å². The lowest BCUT2D eigenvalue weighted by Crippen LogP contribution is -2.07. The maximum absolute atomic E-state index is 10.7. The first-order chi connectivity index (χ1) is 6.77. The molecule has 0 fully saturated rings. The molecule has 1 atom stereocenters. The molecule has 0 aliphatic carbocycles. The summed E-state index contributed by atoms with van der Waals surface area (Å²) in [6.45, 7) is 4.63. The first-order valence-electron chi connectivity index (χ1n) is 4.92. The number of carbonyl (C=O) groups excluding carboxylic acids is 1. The fourth-order valence-electron chi connectivity index (χ4n) is 1.13. The van der Waals surface area contributed by atoms with Crippen molar-refractivity contribution in [3.63, 3.8) is 0 Å². The summed E-state index contributed by atoms with van der Waals surface area (Å²) in [5, 5.41) is 0. The van der Waals surface area contributed by atoms with Gasteiger partial charge in [-0.2, -0.15) is 0 Å². The van der Waals surface area contributed by atoms with Crippen LogP contribution in [0, 0.1) is 0 Å². The number of aldehydes is 1. The quantitative estimate of drug-likeness (QED) is 0.670. The molecule has 0 heterocycles. The van der Waals surface area contributed by atoms with Crippen LogP contribution in [0.1, 0.15) is 36.2 Å². The number of carbonyl (C=O) groups is 1. The van der Waals surface area contributed by atoms with E-state index < -0.39 is 0 Å². The summed E-state index contributed by atoms with van der Waals surface area (Å²) < 4.78 is 5.56. The van der Waals surface area contributed by atoms with E-state index in [1.165, 1.54) is 0 Å². The summed E-state index contributed by atoms with van der Waals surface area (Å²) in [4.78, 5) is 10.7. The molecule has 76 valence electrons. The first kappa shape index (κ1) is 10.9. The van der Waals surface area contributed by atoms with E-state index in [2.05, 4.69) is 6.92 Å². The molecular weight excluding hydrogens is 176 g/mol. The topological polar surface area (TPSA) is 26.3 Å². The van der Waals surface area contributed by atoms with Crippen molar-refractivity contribution in [1.82, 2.24) is 0 Å². The van der Waals surface area contributed by atoms with Gasteiger partial charge in [0.25, 0.3) is 0 Å². The molecular formula is C12H16O2. The van der Waals surface area contributed by atoms with Crippen LogP contribution in [0.4, 0.5) is 0 Å². The van der Waals surface area contributed by atoms with Gasteiger partial charge in [0, 0.05) is 5.56 Å². The van der Waals surface area contributed by atoms with Gasteiger partial charge in [0.2, 0.25) is 0 Å². The molecule has 0 amide bonds. The van der Waals surface area contributed by atoms with Crippen molar-refractivity contribution < 1.29 is 9.53 Å². The molecule has 0 N–H and O–H groups in total. The van der Waals surface area contributed by atoms with Gasteiger partial charge in [0.1, 0.15) is 6.29 Å². The zero-order valence-electron chi connectivity index (χ0n) is 8.69. The number of hydrogen-bond acceptors (Lipinski definition) is 2. The van der Waals surface area contributed by atoms with Crippen molar-refractivity contribution in [3.05, 3.63) is 35.4 Å². The summed E-state index contributed by atoms with van der Waals surface area (Å²) >= 11 is 0. The minimum Gasteiger partial charge on any atom is -0.374 e. The molecule has 0 bridgehead atoms. The normalized spacial score (nSPS) is 12.4. The largest absolute Gasteiger partial charge is 0.374 e. The molecule has 14 heavy (non-hydrogen) atoms. The Morgan fingerprint density at radius 3 is 2.79 bits per heavy atom. The monoisotopic (exact) mass is 192 g/mol. The number of rotatable bonds is 5. The molecule has 0 radical (unpaired) electrons. The zero-order chi connectivity index (χ0) is 10.4. The highest BCUT2D eigenvalue weighted by Gasteiger charge is 2.03. The molecule has 0 spiro atoms. The summed E-state index contributed by atoms with van der Waals surface area (Å²) in [5.74, 6) is 0. The molecule has 1 aromatic carbocycles. The maximum Gasteiger partial charge on any atom is 0.150 e. The Hall–Kier alpha value is -1.15. The molecule has 2 nitrogen and oxygen atoms in total. The van der Waals surface area contributed by atoms with Gasteiger partial charge in [-0.05, 0) is 18.9 Å². The minimum atomic E-state index is 0.245. The Balaban J connectivity index is 2.61. The highest BCUT2D eigenvalue weighted by Crippen LogP contribution is 2.09. The van der Waals surface area contributed by atoms with Crippen LogP contribution in [-0.4, -0.2) is 12.4 Å². The van der Waals surface area contributed by atoms with Crippen molar-refractivity contribution in [2.75, 3.05) is 0 Å². The van der Waals surface area contributed by atoms with Gasteiger partial charge in [-0.3, -0.25) is 4.79 Å².